The third-order valence-electron chi connectivity index (χ3n) is 5.57. The molecule has 15 nitrogen and oxygen atoms in total. The first-order valence-corrected chi connectivity index (χ1v) is 13.7. The summed E-state index contributed by atoms with van der Waals surface area (Å²) in [5.41, 5.74) is 22.5. The summed E-state index contributed by atoms with van der Waals surface area (Å²) in [6.07, 6.45) is 1.81. The molecule has 0 spiro atoms. The van der Waals surface area contributed by atoms with Gasteiger partial charge < -0.3 is 49.1 Å². The largest absolute Gasteiger partial charge is 0.508 e. The number of carbonyl (C=O) groups is 5. The topological polar surface area (TPSA) is 278 Å². The van der Waals surface area contributed by atoms with E-state index in [1.807, 2.05) is 0 Å². The number of hydrogen-bond donors (Lipinski definition) is 9. The molecule has 1 rings (SSSR count). The van der Waals surface area contributed by atoms with Crippen LogP contribution in [0.5, 0.6) is 5.75 Å². The number of primary amides is 1. The van der Waals surface area contributed by atoms with Crippen molar-refractivity contribution in [2.24, 2.45) is 27.9 Å². The van der Waals surface area contributed by atoms with Crippen LogP contribution in [-0.4, -0.2) is 88.5 Å². The number of rotatable bonds is 18. The Balaban J connectivity index is 3.03. The van der Waals surface area contributed by atoms with Crippen molar-refractivity contribution in [2.45, 2.75) is 56.3 Å². The predicted molar refractivity (Wildman–Crippen MR) is 150 cm³/mol. The molecule has 1 aromatic carbocycles. The molecular weight excluding hydrogens is 544 g/mol. The number of amides is 4. The van der Waals surface area contributed by atoms with Gasteiger partial charge in [0.15, 0.2) is 5.96 Å². The quantitative estimate of drug-likeness (QED) is 0.0495. The number of nitrogens with one attached hydrogen (secondary N) is 3. The maximum atomic E-state index is 13.2. The van der Waals surface area contributed by atoms with Crippen LogP contribution in [0.15, 0.2) is 29.3 Å². The van der Waals surface area contributed by atoms with Gasteiger partial charge in [-0.2, -0.15) is 11.8 Å². The second-order valence-corrected chi connectivity index (χ2v) is 9.89. The summed E-state index contributed by atoms with van der Waals surface area (Å²) in [6.45, 7) is 0.172. The van der Waals surface area contributed by atoms with E-state index in [-0.39, 0.29) is 37.5 Å². The number of aliphatic imine (C=N–C) groups is 1. The summed E-state index contributed by atoms with van der Waals surface area (Å²) in [4.78, 5) is 65.5. The monoisotopic (exact) mass is 582 g/mol. The maximum absolute atomic E-state index is 13.2. The molecule has 4 unspecified atom stereocenters. The number of carbonyl (C=O) groups excluding carboxylic acids is 4. The lowest BCUT2D eigenvalue weighted by atomic mass is 10.0. The Morgan fingerprint density at radius 2 is 1.45 bits per heavy atom. The van der Waals surface area contributed by atoms with Gasteiger partial charge in [0.25, 0.3) is 0 Å². The number of phenols is 1. The number of aromatic hydroxyl groups is 1. The molecule has 0 fully saturated rings. The van der Waals surface area contributed by atoms with Crippen molar-refractivity contribution in [1.82, 2.24) is 16.0 Å². The van der Waals surface area contributed by atoms with Gasteiger partial charge in [0.1, 0.15) is 23.9 Å². The second-order valence-electron chi connectivity index (χ2n) is 8.90. The zero-order chi connectivity index (χ0) is 30.2. The van der Waals surface area contributed by atoms with Crippen LogP contribution in [0, 0.1) is 0 Å². The van der Waals surface area contributed by atoms with Crippen LogP contribution in [0.3, 0.4) is 0 Å². The van der Waals surface area contributed by atoms with Crippen LogP contribution in [0.4, 0.5) is 0 Å². The zero-order valence-corrected chi connectivity index (χ0v) is 23.0. The van der Waals surface area contributed by atoms with Gasteiger partial charge in [0.2, 0.25) is 23.6 Å². The molecule has 222 valence electrons. The van der Waals surface area contributed by atoms with Crippen molar-refractivity contribution < 1.29 is 34.2 Å². The summed E-state index contributed by atoms with van der Waals surface area (Å²) in [5, 5.41) is 26.1. The van der Waals surface area contributed by atoms with E-state index in [9.17, 15) is 34.2 Å². The molecule has 0 aliphatic heterocycles. The molecular formula is C24H38N8O7S. The molecule has 0 aliphatic carbocycles. The van der Waals surface area contributed by atoms with Crippen molar-refractivity contribution in [2.75, 3.05) is 18.6 Å². The highest BCUT2D eigenvalue weighted by Crippen LogP contribution is 2.11. The Hall–Kier alpha value is -4.05. The average Bonchev–Trinajstić information content (AvgIpc) is 2.88. The molecule has 0 aliphatic rings. The fourth-order valence-electron chi connectivity index (χ4n) is 3.48. The fourth-order valence-corrected chi connectivity index (χ4v) is 3.95. The maximum Gasteiger partial charge on any atom is 0.326 e. The molecule has 4 amide bonds. The van der Waals surface area contributed by atoms with Crippen molar-refractivity contribution >= 4 is 47.3 Å². The van der Waals surface area contributed by atoms with Gasteiger partial charge in [-0.1, -0.05) is 12.1 Å². The van der Waals surface area contributed by atoms with Gasteiger partial charge in [-0.05, 0) is 55.4 Å². The van der Waals surface area contributed by atoms with Crippen LogP contribution in [-0.2, 0) is 30.4 Å². The van der Waals surface area contributed by atoms with Gasteiger partial charge in [0, 0.05) is 6.54 Å². The first kappa shape index (κ1) is 34.0. The van der Waals surface area contributed by atoms with E-state index >= 15 is 0 Å². The number of nitrogens with two attached hydrogens (primary N) is 4. The average molecular weight is 583 g/mol. The minimum atomic E-state index is -1.58. The lowest BCUT2D eigenvalue weighted by Gasteiger charge is -2.25. The van der Waals surface area contributed by atoms with Crippen molar-refractivity contribution in [3.05, 3.63) is 29.8 Å². The number of benzene rings is 1. The number of guanidine groups is 1. The number of carboxylic acid groups (broad SMARTS) is 1. The highest BCUT2D eigenvalue weighted by molar-refractivity contribution is 7.98. The second kappa shape index (κ2) is 17.5. The minimum absolute atomic E-state index is 0.0589. The van der Waals surface area contributed by atoms with Gasteiger partial charge in [-0.3, -0.25) is 24.2 Å². The third kappa shape index (κ3) is 13.1. The summed E-state index contributed by atoms with van der Waals surface area (Å²) >= 11 is 1.39. The Kier molecular flexibility index (Phi) is 14.9. The predicted octanol–water partition coefficient (Wildman–Crippen LogP) is -2.52. The van der Waals surface area contributed by atoms with E-state index in [0.717, 1.165) is 0 Å². The Labute approximate surface area is 235 Å². The number of phenolic OH excluding ortho intramolecular Hbond substituents is 1. The molecule has 0 saturated heterocycles. The third-order valence-corrected chi connectivity index (χ3v) is 6.21. The van der Waals surface area contributed by atoms with Crippen molar-refractivity contribution in [3.63, 3.8) is 0 Å². The van der Waals surface area contributed by atoms with E-state index < -0.39 is 60.2 Å². The molecule has 0 radical (unpaired) electrons. The van der Waals surface area contributed by atoms with Crippen LogP contribution >= 0.6 is 11.8 Å². The van der Waals surface area contributed by atoms with Crippen LogP contribution in [0.2, 0.25) is 0 Å². The Bertz CT molecular complexity index is 1050. The summed E-state index contributed by atoms with van der Waals surface area (Å²) < 4.78 is 0. The van der Waals surface area contributed by atoms with E-state index in [1.54, 1.807) is 18.4 Å². The number of aliphatic carboxylic acids is 1. The summed E-state index contributed by atoms with van der Waals surface area (Å²) in [6, 6.07) is 1.23. The molecule has 4 atom stereocenters. The van der Waals surface area contributed by atoms with Gasteiger partial charge >= 0.3 is 5.97 Å². The molecule has 0 bridgehead atoms. The molecule has 0 saturated carbocycles. The van der Waals surface area contributed by atoms with Crippen molar-refractivity contribution in [1.29, 1.82) is 0 Å². The number of thioether (sulfide) groups is 1. The SMILES string of the molecule is CSCCC(NC(=O)C(CCCN=C(N)N)NC(=O)C(N)Cc1ccc(O)cc1)C(=O)NC(CC(N)=O)C(=O)O. The van der Waals surface area contributed by atoms with E-state index in [1.165, 1.54) is 23.9 Å². The summed E-state index contributed by atoms with van der Waals surface area (Å²) in [7, 11) is 0. The Morgan fingerprint density at radius 1 is 0.900 bits per heavy atom. The minimum Gasteiger partial charge on any atom is -0.508 e. The molecule has 40 heavy (non-hydrogen) atoms. The van der Waals surface area contributed by atoms with Crippen LogP contribution in [0.1, 0.15) is 31.2 Å². The van der Waals surface area contributed by atoms with Crippen LogP contribution in [0.25, 0.3) is 0 Å². The fraction of sp³-hybridized carbons (Fsp3) is 0.500. The zero-order valence-electron chi connectivity index (χ0n) is 22.2. The highest BCUT2D eigenvalue weighted by atomic mass is 32.2. The first-order valence-electron chi connectivity index (χ1n) is 12.3. The van der Waals surface area contributed by atoms with E-state index in [4.69, 9.17) is 22.9 Å². The highest BCUT2D eigenvalue weighted by Gasteiger charge is 2.30. The van der Waals surface area contributed by atoms with Gasteiger partial charge in [-0.15, -0.1) is 0 Å². The lowest BCUT2D eigenvalue weighted by Crippen LogP contribution is -2.57. The standard InChI is InChI=1S/C24H38N8O7S/c1-40-10-8-17(22(37)32-18(23(38)39)12-19(26)34)31-21(36)16(3-2-9-29-24(27)28)30-20(35)15(25)11-13-4-6-14(33)7-5-13/h4-7,15-18,33H,2-3,8-12,25H2,1H3,(H2,26,34)(H,30,35)(H,31,36)(H,32,37)(H,38,39)(H4,27,28,29). The molecule has 16 heteroatoms. The number of nitrogens with zero attached hydrogens (tertiary/aromatic N) is 1. The smallest absolute Gasteiger partial charge is 0.326 e. The molecule has 0 heterocycles. The summed E-state index contributed by atoms with van der Waals surface area (Å²) in [5.74, 6) is -4.21. The number of carboxylic acids is 1. The lowest BCUT2D eigenvalue weighted by molar-refractivity contribution is -0.143. The van der Waals surface area contributed by atoms with Gasteiger partial charge in [-0.25, -0.2) is 4.79 Å². The van der Waals surface area contributed by atoms with E-state index in [2.05, 4.69) is 20.9 Å². The first-order chi connectivity index (χ1) is 18.8. The van der Waals surface area contributed by atoms with Gasteiger partial charge in [0.05, 0.1) is 12.5 Å². The van der Waals surface area contributed by atoms with E-state index in [0.29, 0.717) is 17.7 Å². The molecule has 1 aromatic rings. The molecule has 0 aromatic heterocycles. The van der Waals surface area contributed by atoms with Crippen LogP contribution < -0.4 is 38.9 Å². The normalized spacial score (nSPS) is 13.7. The van der Waals surface area contributed by atoms with Crippen molar-refractivity contribution in [3.8, 4) is 5.75 Å². The Morgan fingerprint density at radius 3 is 1.98 bits per heavy atom. The molecule has 13 N–H and O–H groups in total. The number of hydrogen-bond acceptors (Lipinski definition) is 9.